The molecule has 0 radical (unpaired) electrons. The molecule has 2 N–H and O–H groups in total. The van der Waals surface area contributed by atoms with Gasteiger partial charge in [-0.25, -0.2) is 5.43 Å². The van der Waals surface area contributed by atoms with Gasteiger partial charge in [-0.15, -0.1) is 0 Å². The molecule has 0 bridgehead atoms. The molecule has 2 aromatic carbocycles. The van der Waals surface area contributed by atoms with Gasteiger partial charge in [0.1, 0.15) is 0 Å². The number of hydrogen-bond donors (Lipinski definition) is 2. The first-order valence-corrected chi connectivity index (χ1v) is 8.55. The predicted octanol–water partition coefficient (Wildman–Crippen LogP) is 4.42. The van der Waals surface area contributed by atoms with Crippen LogP contribution in [0.25, 0.3) is 0 Å². The molecule has 0 atom stereocenters. The molecule has 2 amide bonds. The van der Waals surface area contributed by atoms with Gasteiger partial charge in [-0.3, -0.25) is 9.59 Å². The van der Waals surface area contributed by atoms with Crippen molar-refractivity contribution in [1.29, 1.82) is 0 Å². The fourth-order valence-corrected chi connectivity index (χ4v) is 2.36. The van der Waals surface area contributed by atoms with Crippen molar-refractivity contribution in [3.63, 3.8) is 0 Å². The summed E-state index contributed by atoms with van der Waals surface area (Å²) in [7, 11) is 0. The number of benzene rings is 2. The van der Waals surface area contributed by atoms with Gasteiger partial charge in [0.2, 0.25) is 11.8 Å². The van der Waals surface area contributed by atoms with Crippen LogP contribution in [0.4, 0.5) is 18.9 Å². The molecular formula is C19H17ClF3N3O2. The van der Waals surface area contributed by atoms with E-state index in [4.69, 9.17) is 11.6 Å². The average molecular weight is 412 g/mol. The van der Waals surface area contributed by atoms with Crippen molar-refractivity contribution in [3.05, 3.63) is 64.7 Å². The van der Waals surface area contributed by atoms with Crippen LogP contribution in [0.3, 0.4) is 0 Å². The summed E-state index contributed by atoms with van der Waals surface area (Å²) >= 11 is 5.77. The number of hydrazone groups is 1. The molecule has 0 aliphatic rings. The zero-order valence-corrected chi connectivity index (χ0v) is 15.6. The highest BCUT2D eigenvalue weighted by Crippen LogP contribution is 2.30. The number of carbonyl (C=O) groups is 2. The molecular weight excluding hydrogens is 395 g/mol. The summed E-state index contributed by atoms with van der Waals surface area (Å²) in [5, 5.41) is 6.76. The zero-order valence-electron chi connectivity index (χ0n) is 14.8. The Kier molecular flexibility index (Phi) is 7.17. The van der Waals surface area contributed by atoms with Gasteiger partial charge in [-0.1, -0.05) is 29.8 Å². The minimum Gasteiger partial charge on any atom is -0.326 e. The van der Waals surface area contributed by atoms with E-state index in [0.29, 0.717) is 10.7 Å². The topological polar surface area (TPSA) is 70.6 Å². The smallest absolute Gasteiger partial charge is 0.326 e. The van der Waals surface area contributed by atoms with Crippen LogP contribution in [0.5, 0.6) is 0 Å². The molecule has 0 aromatic heterocycles. The number of nitrogens with one attached hydrogen (secondary N) is 2. The van der Waals surface area contributed by atoms with E-state index in [1.165, 1.54) is 19.1 Å². The number of alkyl halides is 3. The van der Waals surface area contributed by atoms with Gasteiger partial charge in [0.25, 0.3) is 0 Å². The highest BCUT2D eigenvalue weighted by atomic mass is 35.5. The number of nitrogens with zero attached hydrogens (tertiary/aromatic N) is 1. The Hall–Kier alpha value is -2.87. The van der Waals surface area contributed by atoms with E-state index >= 15 is 0 Å². The normalized spacial score (nSPS) is 11.8. The Morgan fingerprint density at radius 1 is 1.07 bits per heavy atom. The lowest BCUT2D eigenvalue weighted by molar-refractivity contribution is -0.137. The lowest BCUT2D eigenvalue weighted by Crippen LogP contribution is -2.23. The first-order valence-electron chi connectivity index (χ1n) is 8.17. The van der Waals surface area contributed by atoms with E-state index in [2.05, 4.69) is 15.8 Å². The lowest BCUT2D eigenvalue weighted by Gasteiger charge is -2.10. The quantitative estimate of drug-likeness (QED) is 0.545. The predicted molar refractivity (Wildman–Crippen MR) is 101 cm³/mol. The minimum absolute atomic E-state index is 0.0272. The Morgan fingerprint density at radius 2 is 1.75 bits per heavy atom. The Labute approximate surface area is 164 Å². The number of carbonyl (C=O) groups excluding carboxylic acids is 2. The van der Waals surface area contributed by atoms with E-state index in [0.717, 1.165) is 17.7 Å². The molecule has 0 saturated heterocycles. The molecule has 148 valence electrons. The first-order chi connectivity index (χ1) is 13.1. The summed E-state index contributed by atoms with van der Waals surface area (Å²) in [4.78, 5) is 23.8. The molecule has 9 heteroatoms. The molecule has 0 aliphatic heterocycles. The molecule has 28 heavy (non-hydrogen) atoms. The summed E-state index contributed by atoms with van der Waals surface area (Å²) < 4.78 is 38.1. The van der Waals surface area contributed by atoms with Crippen LogP contribution in [0.2, 0.25) is 5.02 Å². The summed E-state index contributed by atoms with van der Waals surface area (Å²) in [5.41, 5.74) is 2.55. The second kappa shape index (κ2) is 9.36. The third-order valence-corrected chi connectivity index (χ3v) is 3.79. The van der Waals surface area contributed by atoms with Gasteiger partial charge in [-0.05, 0) is 42.8 Å². The van der Waals surface area contributed by atoms with E-state index in [1.807, 2.05) is 0 Å². The molecule has 0 fully saturated rings. The van der Waals surface area contributed by atoms with Crippen molar-refractivity contribution in [3.8, 4) is 0 Å². The van der Waals surface area contributed by atoms with Gasteiger partial charge in [0.05, 0.1) is 18.4 Å². The van der Waals surface area contributed by atoms with Crippen molar-refractivity contribution >= 4 is 34.8 Å². The SMILES string of the molecule is C/C(CC(=O)Nc1cccc(C(F)(F)F)c1)=N/NC(=O)Cc1ccc(Cl)cc1. The molecule has 0 spiro atoms. The third kappa shape index (κ3) is 7.03. The molecule has 0 saturated carbocycles. The molecule has 2 aromatic rings. The summed E-state index contributed by atoms with van der Waals surface area (Å²) in [5.74, 6) is -0.924. The lowest BCUT2D eigenvalue weighted by atomic mass is 10.1. The molecule has 5 nitrogen and oxygen atoms in total. The molecule has 0 unspecified atom stereocenters. The van der Waals surface area contributed by atoms with Crippen molar-refractivity contribution in [2.24, 2.45) is 5.10 Å². The van der Waals surface area contributed by atoms with Crippen molar-refractivity contribution < 1.29 is 22.8 Å². The summed E-state index contributed by atoms with van der Waals surface area (Å²) in [6.45, 7) is 1.52. The maximum absolute atomic E-state index is 12.7. The second-order valence-corrected chi connectivity index (χ2v) is 6.43. The fraction of sp³-hybridized carbons (Fsp3) is 0.211. The molecule has 2 rings (SSSR count). The monoisotopic (exact) mass is 411 g/mol. The van der Waals surface area contributed by atoms with E-state index in [-0.39, 0.29) is 24.4 Å². The summed E-state index contributed by atoms with van der Waals surface area (Å²) in [6.07, 6.45) is -4.59. The largest absolute Gasteiger partial charge is 0.416 e. The van der Waals surface area contributed by atoms with Gasteiger partial charge in [0.15, 0.2) is 0 Å². The van der Waals surface area contributed by atoms with E-state index in [1.54, 1.807) is 24.3 Å². The number of halogens is 4. The maximum atomic E-state index is 12.7. The zero-order chi connectivity index (χ0) is 20.7. The van der Waals surface area contributed by atoms with Gasteiger partial charge in [-0.2, -0.15) is 18.3 Å². The van der Waals surface area contributed by atoms with E-state index < -0.39 is 17.6 Å². The standard InChI is InChI=1S/C19H17ClF3N3O2/c1-12(25-26-18(28)10-13-5-7-15(20)8-6-13)9-17(27)24-16-4-2-3-14(11-16)19(21,22)23/h2-8,11H,9-10H2,1H3,(H,24,27)(H,26,28)/b25-12-. The maximum Gasteiger partial charge on any atom is 0.416 e. The van der Waals surface area contributed by atoms with Gasteiger partial charge in [0, 0.05) is 16.4 Å². The number of amides is 2. The van der Waals surface area contributed by atoms with Crippen molar-refractivity contribution in [2.75, 3.05) is 5.32 Å². The second-order valence-electron chi connectivity index (χ2n) is 5.99. The first kappa shape index (κ1) is 21.4. The minimum atomic E-state index is -4.49. The average Bonchev–Trinajstić information content (AvgIpc) is 2.61. The highest BCUT2D eigenvalue weighted by Gasteiger charge is 2.30. The number of anilines is 1. The van der Waals surface area contributed by atoms with Crippen molar-refractivity contribution in [2.45, 2.75) is 25.9 Å². The van der Waals surface area contributed by atoms with Gasteiger partial charge < -0.3 is 5.32 Å². The molecule has 0 heterocycles. The Bertz CT molecular complexity index is 881. The molecule has 0 aliphatic carbocycles. The number of hydrogen-bond acceptors (Lipinski definition) is 3. The van der Waals surface area contributed by atoms with Crippen LogP contribution >= 0.6 is 11.6 Å². The highest BCUT2D eigenvalue weighted by molar-refractivity contribution is 6.30. The summed E-state index contributed by atoms with van der Waals surface area (Å²) in [6, 6.07) is 11.1. The third-order valence-electron chi connectivity index (χ3n) is 3.54. The van der Waals surface area contributed by atoms with E-state index in [9.17, 15) is 22.8 Å². The van der Waals surface area contributed by atoms with Crippen LogP contribution in [0, 0.1) is 0 Å². The Balaban J connectivity index is 1.86. The fourth-order valence-electron chi connectivity index (χ4n) is 2.24. The Morgan fingerprint density at radius 3 is 2.39 bits per heavy atom. The van der Waals surface area contributed by atoms with Crippen LogP contribution < -0.4 is 10.7 Å². The van der Waals surface area contributed by atoms with Crippen LogP contribution in [-0.4, -0.2) is 17.5 Å². The van der Waals surface area contributed by atoms with Crippen LogP contribution in [0.1, 0.15) is 24.5 Å². The van der Waals surface area contributed by atoms with Crippen LogP contribution in [0.15, 0.2) is 53.6 Å². The van der Waals surface area contributed by atoms with Crippen molar-refractivity contribution in [1.82, 2.24) is 5.43 Å². The number of rotatable bonds is 6. The van der Waals surface area contributed by atoms with Crippen LogP contribution in [-0.2, 0) is 22.2 Å². The van der Waals surface area contributed by atoms with Gasteiger partial charge >= 0.3 is 6.18 Å².